The molecule has 0 amide bonds. The molecule has 0 unspecified atom stereocenters. The van der Waals surface area contributed by atoms with Gasteiger partial charge in [0, 0.05) is 32.2 Å². The Balaban J connectivity index is 2.43. The fourth-order valence-electron chi connectivity index (χ4n) is 2.71. The highest BCUT2D eigenvalue weighted by molar-refractivity contribution is 7.89. The average Bonchev–Trinajstić information content (AvgIpc) is 2.60. The number of morpholine rings is 1. The molecule has 1 atom stereocenters. The normalized spacial score (nSPS) is 17.5. The molecule has 25 heavy (non-hydrogen) atoms. The maximum atomic E-state index is 12.7. The molecule has 2 rings (SSSR count). The minimum atomic E-state index is -3.77. The number of nitro benzene ring substituents is 1. The van der Waals surface area contributed by atoms with Crippen LogP contribution in [0.15, 0.2) is 23.1 Å². The fraction of sp³-hybridized carbons (Fsp3) is 0.625. The van der Waals surface area contributed by atoms with Crippen LogP contribution in [0.1, 0.15) is 20.8 Å². The molecular weight excluding hydrogens is 346 g/mol. The van der Waals surface area contributed by atoms with E-state index in [4.69, 9.17) is 4.74 Å². The summed E-state index contributed by atoms with van der Waals surface area (Å²) in [5, 5.41) is 11.5. The Morgan fingerprint density at radius 3 is 2.36 bits per heavy atom. The van der Waals surface area contributed by atoms with E-state index in [-0.39, 0.29) is 29.7 Å². The second-order valence-electron chi connectivity index (χ2n) is 6.52. The van der Waals surface area contributed by atoms with Crippen LogP contribution >= 0.6 is 0 Å². The van der Waals surface area contributed by atoms with Gasteiger partial charge in [0.2, 0.25) is 10.0 Å². The molecule has 1 heterocycles. The summed E-state index contributed by atoms with van der Waals surface area (Å²) >= 11 is 0. The molecule has 1 aromatic carbocycles. The summed E-state index contributed by atoms with van der Waals surface area (Å²) in [6.07, 6.45) is 0. The summed E-state index contributed by atoms with van der Waals surface area (Å²) in [5.41, 5.74) is 0.205. The van der Waals surface area contributed by atoms with Gasteiger partial charge in [-0.1, -0.05) is 13.8 Å². The van der Waals surface area contributed by atoms with Crippen LogP contribution in [0.3, 0.4) is 0 Å². The first-order chi connectivity index (χ1) is 11.7. The number of hydrogen-bond donors (Lipinski definition) is 0. The highest BCUT2D eigenvalue weighted by Crippen LogP contribution is 2.33. The Morgan fingerprint density at radius 2 is 1.84 bits per heavy atom. The van der Waals surface area contributed by atoms with Crippen molar-refractivity contribution in [3.63, 3.8) is 0 Å². The van der Waals surface area contributed by atoms with Crippen molar-refractivity contribution >= 4 is 21.4 Å². The van der Waals surface area contributed by atoms with Gasteiger partial charge in [0.15, 0.2) is 0 Å². The largest absolute Gasteiger partial charge is 0.379 e. The number of sulfonamides is 1. The van der Waals surface area contributed by atoms with E-state index in [1.807, 2.05) is 25.7 Å². The van der Waals surface area contributed by atoms with Crippen molar-refractivity contribution in [3.05, 3.63) is 28.3 Å². The number of rotatable bonds is 6. The maximum Gasteiger partial charge on any atom is 0.293 e. The first-order valence-electron chi connectivity index (χ1n) is 8.25. The first-order valence-corrected chi connectivity index (χ1v) is 9.69. The van der Waals surface area contributed by atoms with Crippen molar-refractivity contribution in [3.8, 4) is 0 Å². The Hall–Kier alpha value is -1.71. The molecule has 0 aliphatic carbocycles. The molecule has 0 N–H and O–H groups in total. The Labute approximate surface area is 148 Å². The summed E-state index contributed by atoms with van der Waals surface area (Å²) in [4.78, 5) is 12.7. The van der Waals surface area contributed by atoms with Crippen LogP contribution in [0.2, 0.25) is 0 Å². The maximum absolute atomic E-state index is 12.7. The first kappa shape index (κ1) is 19.6. The van der Waals surface area contributed by atoms with Crippen LogP contribution in [0.5, 0.6) is 0 Å². The smallest absolute Gasteiger partial charge is 0.293 e. The van der Waals surface area contributed by atoms with Gasteiger partial charge < -0.3 is 9.64 Å². The molecular formula is C16H25N3O5S. The molecule has 1 aliphatic heterocycles. The van der Waals surface area contributed by atoms with E-state index < -0.39 is 14.9 Å². The number of benzene rings is 1. The van der Waals surface area contributed by atoms with Crippen molar-refractivity contribution in [2.24, 2.45) is 5.92 Å². The van der Waals surface area contributed by atoms with Crippen LogP contribution in [-0.4, -0.2) is 57.0 Å². The zero-order chi connectivity index (χ0) is 18.8. The number of anilines is 1. The number of nitrogens with zero attached hydrogens (tertiary/aromatic N) is 3. The highest BCUT2D eigenvalue weighted by Gasteiger charge is 2.30. The van der Waals surface area contributed by atoms with Crippen LogP contribution in [0, 0.1) is 16.0 Å². The molecule has 9 heteroatoms. The molecule has 1 aromatic rings. The van der Waals surface area contributed by atoms with Crippen LogP contribution in [0.4, 0.5) is 11.4 Å². The second kappa shape index (κ2) is 7.67. The third-order valence-electron chi connectivity index (χ3n) is 4.71. The third-order valence-corrected chi connectivity index (χ3v) is 6.60. The molecule has 0 aromatic heterocycles. The van der Waals surface area contributed by atoms with Gasteiger partial charge in [-0.25, -0.2) is 8.42 Å². The van der Waals surface area contributed by atoms with Crippen LogP contribution in [-0.2, 0) is 14.8 Å². The van der Waals surface area contributed by atoms with Crippen LogP contribution in [0.25, 0.3) is 0 Å². The molecule has 1 fully saturated rings. The van der Waals surface area contributed by atoms with E-state index in [1.165, 1.54) is 16.4 Å². The molecule has 1 aliphatic rings. The van der Waals surface area contributed by atoms with E-state index >= 15 is 0 Å². The fourth-order valence-corrected chi connectivity index (χ4v) is 4.14. The number of ether oxygens (including phenoxy) is 1. The average molecular weight is 371 g/mol. The molecule has 0 saturated carbocycles. The van der Waals surface area contributed by atoms with Crippen molar-refractivity contribution in [1.82, 2.24) is 4.31 Å². The molecule has 0 radical (unpaired) electrons. The standard InChI is InChI=1S/C16H25N3O5S/c1-12(2)13(3)17(4)15-6-5-14(11-16(15)19(20)21)25(22,23)18-7-9-24-10-8-18/h5-6,11-13H,7-10H2,1-4H3/t13-/m0/s1. The Kier molecular flexibility index (Phi) is 6.02. The van der Waals surface area contributed by atoms with Gasteiger partial charge in [-0.05, 0) is 25.0 Å². The summed E-state index contributed by atoms with van der Waals surface area (Å²) in [6.45, 7) is 7.20. The lowest BCUT2D eigenvalue weighted by molar-refractivity contribution is -0.384. The SMILES string of the molecule is CC(C)[C@H](C)N(C)c1ccc(S(=O)(=O)N2CCOCC2)cc1[N+](=O)[O-]. The van der Waals surface area contributed by atoms with E-state index in [2.05, 4.69) is 0 Å². The third kappa shape index (κ3) is 4.10. The van der Waals surface area contributed by atoms with Gasteiger partial charge in [0.05, 0.1) is 23.0 Å². The molecule has 0 spiro atoms. The van der Waals surface area contributed by atoms with Crippen molar-refractivity contribution in [2.75, 3.05) is 38.3 Å². The zero-order valence-electron chi connectivity index (χ0n) is 15.0. The number of hydrogen-bond acceptors (Lipinski definition) is 6. The summed E-state index contributed by atoms with van der Waals surface area (Å²) in [5.74, 6) is 0.293. The summed E-state index contributed by atoms with van der Waals surface area (Å²) in [6, 6.07) is 4.19. The Bertz CT molecular complexity index is 729. The van der Waals surface area contributed by atoms with Gasteiger partial charge in [0.1, 0.15) is 5.69 Å². The van der Waals surface area contributed by atoms with Gasteiger partial charge in [-0.2, -0.15) is 4.31 Å². The van der Waals surface area contributed by atoms with Crippen molar-refractivity contribution in [1.29, 1.82) is 0 Å². The highest BCUT2D eigenvalue weighted by atomic mass is 32.2. The predicted octanol–water partition coefficient (Wildman–Crippen LogP) is 2.10. The molecule has 1 saturated heterocycles. The second-order valence-corrected chi connectivity index (χ2v) is 8.46. The van der Waals surface area contributed by atoms with Crippen molar-refractivity contribution < 1.29 is 18.1 Å². The lowest BCUT2D eigenvalue weighted by Crippen LogP contribution is -2.40. The minimum absolute atomic E-state index is 0.0598. The monoisotopic (exact) mass is 371 g/mol. The predicted molar refractivity (Wildman–Crippen MR) is 95.4 cm³/mol. The quantitative estimate of drug-likeness (QED) is 0.561. The van der Waals surface area contributed by atoms with Gasteiger partial charge in [0.25, 0.3) is 5.69 Å². The molecule has 8 nitrogen and oxygen atoms in total. The topological polar surface area (TPSA) is 93.0 Å². The molecule has 140 valence electrons. The van der Waals surface area contributed by atoms with E-state index in [1.54, 1.807) is 7.05 Å². The number of nitro groups is 1. The van der Waals surface area contributed by atoms with E-state index in [9.17, 15) is 18.5 Å². The van der Waals surface area contributed by atoms with Crippen LogP contribution < -0.4 is 4.90 Å². The summed E-state index contributed by atoms with van der Waals surface area (Å²) < 4.78 is 31.9. The zero-order valence-corrected chi connectivity index (χ0v) is 15.8. The lowest BCUT2D eigenvalue weighted by atomic mass is 10.0. The lowest BCUT2D eigenvalue weighted by Gasteiger charge is -2.30. The van der Waals surface area contributed by atoms with Gasteiger partial charge in [-0.15, -0.1) is 0 Å². The van der Waals surface area contributed by atoms with Gasteiger partial charge >= 0.3 is 0 Å². The Morgan fingerprint density at radius 1 is 1.24 bits per heavy atom. The summed E-state index contributed by atoms with van der Waals surface area (Å²) in [7, 11) is -1.99. The van der Waals surface area contributed by atoms with Crippen molar-refractivity contribution in [2.45, 2.75) is 31.7 Å². The minimum Gasteiger partial charge on any atom is -0.379 e. The van der Waals surface area contributed by atoms with E-state index in [0.29, 0.717) is 24.8 Å². The van der Waals surface area contributed by atoms with E-state index in [0.717, 1.165) is 6.07 Å². The molecule has 0 bridgehead atoms. The van der Waals surface area contributed by atoms with Gasteiger partial charge in [-0.3, -0.25) is 10.1 Å².